The van der Waals surface area contributed by atoms with Crippen LogP contribution in [0.1, 0.15) is 5.56 Å². The summed E-state index contributed by atoms with van der Waals surface area (Å²) in [5, 5.41) is 3.68. The van der Waals surface area contributed by atoms with E-state index in [9.17, 15) is 4.79 Å². The minimum absolute atomic E-state index is 0.241. The van der Waals surface area contributed by atoms with Crippen LogP contribution in [0.3, 0.4) is 0 Å². The third-order valence-corrected chi connectivity index (χ3v) is 3.45. The van der Waals surface area contributed by atoms with Crippen molar-refractivity contribution in [2.75, 3.05) is 12.4 Å². The first-order valence-corrected chi connectivity index (χ1v) is 6.92. The molecule has 21 heavy (non-hydrogen) atoms. The summed E-state index contributed by atoms with van der Waals surface area (Å²) in [6, 6.07) is 12.3. The van der Waals surface area contributed by atoms with Gasteiger partial charge in [-0.2, -0.15) is 0 Å². The largest absolute Gasteiger partial charge is 0.497 e. The Morgan fingerprint density at radius 2 is 1.95 bits per heavy atom. The Bertz CT molecular complexity index is 684. The van der Waals surface area contributed by atoms with E-state index in [1.54, 1.807) is 55.7 Å². The summed E-state index contributed by atoms with van der Waals surface area (Å²) in [6.45, 7) is 0. The fourth-order valence-electron chi connectivity index (χ4n) is 1.67. The van der Waals surface area contributed by atoms with Gasteiger partial charge in [-0.1, -0.05) is 35.3 Å². The lowest BCUT2D eigenvalue weighted by Gasteiger charge is -2.04. The lowest BCUT2D eigenvalue weighted by molar-refractivity contribution is -0.111. The molecule has 1 N–H and O–H groups in total. The number of nitrogens with one attached hydrogen (secondary N) is 1. The average Bonchev–Trinajstić information content (AvgIpc) is 2.48. The number of anilines is 1. The van der Waals surface area contributed by atoms with Crippen molar-refractivity contribution in [2.45, 2.75) is 0 Å². The molecular weight excluding hydrogens is 309 g/mol. The van der Waals surface area contributed by atoms with Crippen molar-refractivity contribution in [1.82, 2.24) is 0 Å². The van der Waals surface area contributed by atoms with Gasteiger partial charge in [0.05, 0.1) is 17.2 Å². The van der Waals surface area contributed by atoms with Gasteiger partial charge in [0.1, 0.15) is 5.75 Å². The Hall–Kier alpha value is -1.97. The number of ether oxygens (including phenoxy) is 1. The van der Waals surface area contributed by atoms with Gasteiger partial charge in [0.2, 0.25) is 5.91 Å². The molecule has 0 unspecified atom stereocenters. The fraction of sp³-hybridized carbons (Fsp3) is 0.0625. The van der Waals surface area contributed by atoms with Crippen LogP contribution in [-0.4, -0.2) is 13.0 Å². The van der Waals surface area contributed by atoms with Gasteiger partial charge in [-0.3, -0.25) is 4.79 Å². The van der Waals surface area contributed by atoms with E-state index in [1.165, 1.54) is 6.08 Å². The molecular formula is C16H13Cl2NO2. The zero-order chi connectivity index (χ0) is 15.2. The highest BCUT2D eigenvalue weighted by Crippen LogP contribution is 2.23. The second kappa shape index (κ2) is 7.16. The highest BCUT2D eigenvalue weighted by atomic mass is 35.5. The summed E-state index contributed by atoms with van der Waals surface area (Å²) in [5.41, 5.74) is 1.46. The second-order valence-corrected chi connectivity index (χ2v) is 5.04. The third kappa shape index (κ3) is 4.52. The van der Waals surface area contributed by atoms with E-state index >= 15 is 0 Å². The number of hydrogen-bond acceptors (Lipinski definition) is 2. The first-order valence-electron chi connectivity index (χ1n) is 6.16. The summed E-state index contributed by atoms with van der Waals surface area (Å²) in [6.07, 6.45) is 3.09. The van der Waals surface area contributed by atoms with Gasteiger partial charge in [0.15, 0.2) is 0 Å². The molecule has 0 heterocycles. The van der Waals surface area contributed by atoms with Gasteiger partial charge in [0.25, 0.3) is 0 Å². The molecule has 1 amide bonds. The highest BCUT2D eigenvalue weighted by Gasteiger charge is 2.00. The van der Waals surface area contributed by atoms with E-state index in [0.717, 1.165) is 5.56 Å². The van der Waals surface area contributed by atoms with Gasteiger partial charge in [-0.05, 0) is 35.9 Å². The van der Waals surface area contributed by atoms with Crippen LogP contribution in [0.5, 0.6) is 5.75 Å². The molecule has 5 heteroatoms. The molecule has 0 spiro atoms. The number of hydrogen-bond donors (Lipinski definition) is 1. The summed E-state index contributed by atoms with van der Waals surface area (Å²) in [7, 11) is 1.57. The maximum Gasteiger partial charge on any atom is 0.248 e. The quantitative estimate of drug-likeness (QED) is 0.832. The van der Waals surface area contributed by atoms with Crippen LogP contribution in [0.4, 0.5) is 5.69 Å². The summed E-state index contributed by atoms with van der Waals surface area (Å²) in [5.74, 6) is 0.440. The molecule has 0 aromatic heterocycles. The monoisotopic (exact) mass is 321 g/mol. The molecule has 0 radical (unpaired) electrons. The van der Waals surface area contributed by atoms with Crippen molar-refractivity contribution >= 4 is 40.9 Å². The van der Waals surface area contributed by atoms with Crippen LogP contribution in [0.2, 0.25) is 10.0 Å². The first-order chi connectivity index (χ1) is 10.1. The van der Waals surface area contributed by atoms with E-state index in [1.807, 2.05) is 0 Å². The van der Waals surface area contributed by atoms with Crippen LogP contribution >= 0.6 is 23.2 Å². The summed E-state index contributed by atoms with van der Waals surface area (Å²) < 4.78 is 5.09. The van der Waals surface area contributed by atoms with Crippen molar-refractivity contribution < 1.29 is 9.53 Å². The van der Waals surface area contributed by atoms with Crippen LogP contribution < -0.4 is 10.1 Å². The maximum absolute atomic E-state index is 11.8. The molecule has 2 rings (SSSR count). The van der Waals surface area contributed by atoms with Gasteiger partial charge < -0.3 is 10.1 Å². The molecule has 0 aliphatic heterocycles. The molecule has 0 atom stereocenters. The van der Waals surface area contributed by atoms with E-state index in [-0.39, 0.29) is 5.91 Å². The van der Waals surface area contributed by atoms with E-state index in [0.29, 0.717) is 21.5 Å². The van der Waals surface area contributed by atoms with Gasteiger partial charge in [0, 0.05) is 17.8 Å². The lowest BCUT2D eigenvalue weighted by atomic mass is 10.2. The summed E-state index contributed by atoms with van der Waals surface area (Å²) >= 11 is 11.7. The second-order valence-electron chi connectivity index (χ2n) is 4.23. The van der Waals surface area contributed by atoms with Gasteiger partial charge in [-0.15, -0.1) is 0 Å². The maximum atomic E-state index is 11.8. The predicted octanol–water partition coefficient (Wildman–Crippen LogP) is 4.65. The molecule has 2 aromatic rings. The van der Waals surface area contributed by atoms with Crippen LogP contribution in [0.15, 0.2) is 48.5 Å². The number of carbonyl (C=O) groups excluding carboxylic acids is 1. The molecule has 0 saturated carbocycles. The Morgan fingerprint density at radius 1 is 1.14 bits per heavy atom. The Kier molecular flexibility index (Phi) is 5.26. The molecule has 108 valence electrons. The Labute approximate surface area is 133 Å². The normalized spacial score (nSPS) is 10.6. The van der Waals surface area contributed by atoms with Crippen LogP contribution in [0, 0.1) is 0 Å². The van der Waals surface area contributed by atoms with Crippen molar-refractivity contribution in [2.24, 2.45) is 0 Å². The molecule has 3 nitrogen and oxygen atoms in total. The molecule has 0 aliphatic rings. The van der Waals surface area contributed by atoms with Gasteiger partial charge in [-0.25, -0.2) is 0 Å². The topological polar surface area (TPSA) is 38.3 Å². The minimum Gasteiger partial charge on any atom is -0.497 e. The molecule has 0 fully saturated rings. The molecule has 2 aromatic carbocycles. The van der Waals surface area contributed by atoms with Crippen LogP contribution in [0.25, 0.3) is 6.08 Å². The SMILES string of the molecule is COc1cccc(NC(=O)C=Cc2ccc(Cl)c(Cl)c2)c1. The predicted molar refractivity (Wildman–Crippen MR) is 87.1 cm³/mol. The van der Waals surface area contributed by atoms with E-state index < -0.39 is 0 Å². The number of amides is 1. The zero-order valence-electron chi connectivity index (χ0n) is 11.3. The fourth-order valence-corrected chi connectivity index (χ4v) is 1.98. The first kappa shape index (κ1) is 15.4. The highest BCUT2D eigenvalue weighted by molar-refractivity contribution is 6.42. The minimum atomic E-state index is -0.241. The Morgan fingerprint density at radius 3 is 2.67 bits per heavy atom. The average molecular weight is 322 g/mol. The lowest BCUT2D eigenvalue weighted by Crippen LogP contribution is -2.07. The number of benzene rings is 2. The van der Waals surface area contributed by atoms with E-state index in [2.05, 4.69) is 5.32 Å². The molecule has 0 saturated heterocycles. The Balaban J connectivity index is 2.03. The van der Waals surface area contributed by atoms with Gasteiger partial charge >= 0.3 is 0 Å². The smallest absolute Gasteiger partial charge is 0.248 e. The number of halogens is 2. The summed E-state index contributed by atoms with van der Waals surface area (Å²) in [4.78, 5) is 11.8. The van der Waals surface area contributed by atoms with Crippen LogP contribution in [-0.2, 0) is 4.79 Å². The van der Waals surface area contributed by atoms with Crippen molar-refractivity contribution in [3.63, 3.8) is 0 Å². The third-order valence-electron chi connectivity index (χ3n) is 2.71. The molecule has 0 aliphatic carbocycles. The standard InChI is InChI=1S/C16H13Cl2NO2/c1-21-13-4-2-3-12(10-13)19-16(20)8-6-11-5-7-14(17)15(18)9-11/h2-10H,1H3,(H,19,20). The van der Waals surface area contributed by atoms with E-state index in [4.69, 9.17) is 27.9 Å². The van der Waals surface area contributed by atoms with Crippen molar-refractivity contribution in [1.29, 1.82) is 0 Å². The van der Waals surface area contributed by atoms with Crippen molar-refractivity contribution in [3.05, 3.63) is 64.1 Å². The zero-order valence-corrected chi connectivity index (χ0v) is 12.8. The molecule has 0 bridgehead atoms. The number of carbonyl (C=O) groups is 1. The number of methoxy groups -OCH3 is 1. The number of rotatable bonds is 4. The van der Waals surface area contributed by atoms with Crippen molar-refractivity contribution in [3.8, 4) is 5.75 Å².